The number of phosphoric acid groups is 1. The van der Waals surface area contributed by atoms with Crippen LogP contribution in [0.15, 0.2) is 48.6 Å². The number of phosphoric ester groups is 1. The maximum Gasteiger partial charge on any atom is 0.536 e. The zero-order valence-corrected chi connectivity index (χ0v) is 17.9. The van der Waals surface area contributed by atoms with Gasteiger partial charge in [0.1, 0.15) is 11.5 Å². The molecule has 2 unspecified atom stereocenters. The summed E-state index contributed by atoms with van der Waals surface area (Å²) in [5, 5.41) is 0. The van der Waals surface area contributed by atoms with Gasteiger partial charge in [-0.3, -0.25) is 0 Å². The molecule has 0 aliphatic heterocycles. The number of carbonyl (C=O) groups excluding carboxylic acids is 2. The summed E-state index contributed by atoms with van der Waals surface area (Å²) < 4.78 is 43.9. The molecule has 0 heterocycles. The summed E-state index contributed by atoms with van der Waals surface area (Å²) >= 11 is 0. The van der Waals surface area contributed by atoms with E-state index < -0.39 is 32.3 Å². The number of hydrogen-bond acceptors (Lipinski definition) is 9. The summed E-state index contributed by atoms with van der Waals surface area (Å²) in [5.74, 6) is -0.849. The van der Waals surface area contributed by atoms with E-state index >= 15 is 0 Å². The monoisotopic (exact) mass is 428 g/mol. The Balaban J connectivity index is 2.99. The Labute approximate surface area is 169 Å². The molecule has 9 nitrogen and oxygen atoms in total. The Morgan fingerprint density at radius 1 is 0.862 bits per heavy atom. The molecule has 0 spiro atoms. The molecule has 0 aliphatic rings. The molecule has 160 valence electrons. The van der Waals surface area contributed by atoms with Gasteiger partial charge in [-0.1, -0.05) is 13.2 Å². The Kier molecular flexibility index (Phi) is 9.10. The third-order valence-electron chi connectivity index (χ3n) is 3.07. The van der Waals surface area contributed by atoms with Gasteiger partial charge in [-0.25, -0.2) is 23.2 Å². The summed E-state index contributed by atoms with van der Waals surface area (Å²) in [6, 6.07) is 6.06. The minimum absolute atomic E-state index is 0.117. The van der Waals surface area contributed by atoms with Crippen molar-refractivity contribution < 1.29 is 41.9 Å². The van der Waals surface area contributed by atoms with E-state index in [9.17, 15) is 14.2 Å². The second-order valence-electron chi connectivity index (χ2n) is 5.93. The average molecular weight is 428 g/mol. The molecular weight excluding hydrogens is 403 g/mol. The quantitative estimate of drug-likeness (QED) is 0.222. The number of methoxy groups -OCH3 is 1. The molecule has 29 heavy (non-hydrogen) atoms. The third-order valence-corrected chi connectivity index (χ3v) is 4.62. The van der Waals surface area contributed by atoms with Crippen molar-refractivity contribution in [3.8, 4) is 11.5 Å². The van der Waals surface area contributed by atoms with Crippen LogP contribution in [0.25, 0.3) is 0 Å². The van der Waals surface area contributed by atoms with Gasteiger partial charge >= 0.3 is 19.8 Å². The molecule has 2 atom stereocenters. The fraction of sp³-hybridized carbons (Fsp3) is 0.368. The van der Waals surface area contributed by atoms with Crippen LogP contribution in [0.4, 0.5) is 0 Å². The molecule has 0 aliphatic carbocycles. The predicted molar refractivity (Wildman–Crippen MR) is 104 cm³/mol. The second-order valence-corrected chi connectivity index (χ2v) is 7.43. The lowest BCUT2D eigenvalue weighted by Gasteiger charge is -2.24. The Bertz CT molecular complexity index is 760. The molecule has 0 aromatic heterocycles. The fourth-order valence-corrected chi connectivity index (χ4v) is 3.07. The minimum Gasteiger partial charge on any atom is -0.497 e. The molecule has 0 bridgehead atoms. The molecule has 0 radical (unpaired) electrons. The predicted octanol–water partition coefficient (Wildman–Crippen LogP) is 4.15. The lowest BCUT2D eigenvalue weighted by molar-refractivity contribution is -0.164. The first-order valence-corrected chi connectivity index (χ1v) is 9.95. The van der Waals surface area contributed by atoms with Gasteiger partial charge in [0.15, 0.2) is 0 Å². The number of carbonyl (C=O) groups is 2. The van der Waals surface area contributed by atoms with Crippen molar-refractivity contribution in [2.45, 2.75) is 40.3 Å². The van der Waals surface area contributed by atoms with Crippen LogP contribution in [-0.4, -0.2) is 31.6 Å². The first-order valence-electron chi connectivity index (χ1n) is 8.49. The molecule has 0 amide bonds. The SMILES string of the molecule is C=C(C)C(=O)OC(C)OP(=O)(Oc1ccc(OC)cc1)OC(C)OC(=O)C(=C)C. The van der Waals surface area contributed by atoms with E-state index in [1.807, 2.05) is 0 Å². The van der Waals surface area contributed by atoms with Gasteiger partial charge in [-0.2, -0.15) is 0 Å². The van der Waals surface area contributed by atoms with Crippen LogP contribution in [0.5, 0.6) is 11.5 Å². The lowest BCUT2D eigenvalue weighted by Crippen LogP contribution is -2.23. The zero-order chi connectivity index (χ0) is 22.2. The maximum absolute atomic E-state index is 13.1. The Morgan fingerprint density at radius 2 is 1.24 bits per heavy atom. The molecule has 10 heteroatoms. The van der Waals surface area contributed by atoms with Gasteiger partial charge in [0.2, 0.25) is 12.6 Å². The first-order chi connectivity index (χ1) is 13.5. The van der Waals surface area contributed by atoms with E-state index in [1.165, 1.54) is 46.9 Å². The Hall–Kier alpha value is -2.61. The van der Waals surface area contributed by atoms with Crippen molar-refractivity contribution in [1.29, 1.82) is 0 Å². The van der Waals surface area contributed by atoms with Gasteiger partial charge < -0.3 is 18.7 Å². The van der Waals surface area contributed by atoms with Gasteiger partial charge in [0.05, 0.1) is 7.11 Å². The fourth-order valence-electron chi connectivity index (χ4n) is 1.74. The first kappa shape index (κ1) is 24.4. The van der Waals surface area contributed by atoms with Crippen molar-refractivity contribution in [2.24, 2.45) is 0 Å². The molecule has 0 fully saturated rings. The standard InChI is InChI=1S/C19H25O9P/c1-12(2)18(20)24-14(5)26-29(22,27-15(6)25-19(21)13(3)4)28-17-10-8-16(23-7)9-11-17/h8-11,14-15H,1,3H2,2,4-7H3. The van der Waals surface area contributed by atoms with E-state index in [1.54, 1.807) is 12.1 Å². The van der Waals surface area contributed by atoms with Crippen LogP contribution in [-0.2, 0) is 32.7 Å². The van der Waals surface area contributed by atoms with Crippen LogP contribution < -0.4 is 9.26 Å². The zero-order valence-electron chi connectivity index (χ0n) is 17.0. The van der Waals surface area contributed by atoms with Crippen molar-refractivity contribution in [3.05, 3.63) is 48.6 Å². The Morgan fingerprint density at radius 3 is 1.59 bits per heavy atom. The van der Waals surface area contributed by atoms with Crippen molar-refractivity contribution >= 4 is 19.8 Å². The van der Waals surface area contributed by atoms with Crippen molar-refractivity contribution in [1.82, 2.24) is 0 Å². The second kappa shape index (κ2) is 10.8. The summed E-state index contributed by atoms with van der Waals surface area (Å²) in [5.41, 5.74) is 0.243. The average Bonchev–Trinajstić information content (AvgIpc) is 2.61. The number of rotatable bonds is 11. The molecule has 0 saturated heterocycles. The topological polar surface area (TPSA) is 107 Å². The minimum atomic E-state index is -4.40. The summed E-state index contributed by atoms with van der Waals surface area (Å²) in [6.07, 6.45) is -2.63. The van der Waals surface area contributed by atoms with Crippen LogP contribution in [0.2, 0.25) is 0 Å². The van der Waals surface area contributed by atoms with E-state index in [-0.39, 0.29) is 16.9 Å². The van der Waals surface area contributed by atoms with E-state index in [2.05, 4.69) is 13.2 Å². The smallest absolute Gasteiger partial charge is 0.497 e. The van der Waals surface area contributed by atoms with Crippen molar-refractivity contribution in [3.63, 3.8) is 0 Å². The highest BCUT2D eigenvalue weighted by Gasteiger charge is 2.36. The number of hydrogen-bond donors (Lipinski definition) is 0. The summed E-state index contributed by atoms with van der Waals surface area (Å²) in [6.45, 7) is 12.4. The number of esters is 2. The van der Waals surface area contributed by atoms with Crippen LogP contribution in [0.1, 0.15) is 27.7 Å². The van der Waals surface area contributed by atoms with E-state index in [0.717, 1.165) is 0 Å². The number of ether oxygens (including phenoxy) is 3. The van der Waals surface area contributed by atoms with Gasteiger partial charge in [0, 0.05) is 11.1 Å². The van der Waals surface area contributed by atoms with Crippen LogP contribution in [0, 0.1) is 0 Å². The number of benzene rings is 1. The summed E-state index contributed by atoms with van der Waals surface area (Å²) in [4.78, 5) is 23.3. The van der Waals surface area contributed by atoms with Crippen molar-refractivity contribution in [2.75, 3.05) is 7.11 Å². The highest BCUT2D eigenvalue weighted by molar-refractivity contribution is 7.49. The van der Waals surface area contributed by atoms with E-state index in [4.69, 9.17) is 27.8 Å². The third kappa shape index (κ3) is 8.51. The van der Waals surface area contributed by atoms with Gasteiger partial charge in [-0.05, 0) is 52.0 Å². The van der Waals surface area contributed by atoms with Gasteiger partial charge in [0.25, 0.3) is 0 Å². The highest BCUT2D eigenvalue weighted by atomic mass is 31.2. The molecule has 1 aromatic rings. The van der Waals surface area contributed by atoms with Crippen LogP contribution in [0.3, 0.4) is 0 Å². The maximum atomic E-state index is 13.1. The molecule has 1 rings (SSSR count). The molecule has 0 N–H and O–H groups in total. The molecule has 1 aromatic carbocycles. The van der Waals surface area contributed by atoms with Gasteiger partial charge in [-0.15, -0.1) is 0 Å². The normalized spacial score (nSPS) is 14.7. The largest absolute Gasteiger partial charge is 0.536 e. The molecular formula is C19H25O9P. The highest BCUT2D eigenvalue weighted by Crippen LogP contribution is 2.52. The lowest BCUT2D eigenvalue weighted by atomic mass is 10.3. The summed E-state index contributed by atoms with van der Waals surface area (Å²) in [7, 11) is -2.92. The van der Waals surface area contributed by atoms with Crippen LogP contribution >= 0.6 is 7.82 Å². The molecule has 0 saturated carbocycles. The van der Waals surface area contributed by atoms with E-state index in [0.29, 0.717) is 5.75 Å².